The monoisotopic (exact) mass is 335 g/mol. The molecule has 1 aromatic rings. The second kappa shape index (κ2) is 9.12. The van der Waals surface area contributed by atoms with Gasteiger partial charge in [-0.05, 0) is 18.4 Å². The molecule has 1 aliphatic heterocycles. The molecular weight excluding hydrogens is 310 g/mol. The Labute approximate surface area is 142 Å². The minimum Gasteiger partial charge on any atom is -0.453 e. The van der Waals surface area contributed by atoms with Gasteiger partial charge in [-0.2, -0.15) is 0 Å². The lowest BCUT2D eigenvalue weighted by Gasteiger charge is -2.32. The molecule has 0 aliphatic carbocycles. The van der Waals surface area contributed by atoms with Crippen molar-refractivity contribution in [2.75, 3.05) is 33.9 Å². The number of carbonyl (C=O) groups is 2. The number of amides is 3. The Morgan fingerprint density at radius 1 is 1.29 bits per heavy atom. The van der Waals surface area contributed by atoms with E-state index in [1.54, 1.807) is 12.0 Å². The van der Waals surface area contributed by atoms with Gasteiger partial charge in [0.05, 0.1) is 13.2 Å². The lowest BCUT2D eigenvalue weighted by molar-refractivity contribution is 0.101. The molecule has 3 amide bonds. The van der Waals surface area contributed by atoms with Crippen LogP contribution in [-0.2, 0) is 9.47 Å². The van der Waals surface area contributed by atoms with Crippen LogP contribution in [0.25, 0.3) is 0 Å². The summed E-state index contributed by atoms with van der Waals surface area (Å²) in [4.78, 5) is 25.3. The number of carbonyl (C=O) groups excluding carboxylic acids is 2. The van der Waals surface area contributed by atoms with Crippen LogP contribution in [-0.4, -0.2) is 56.9 Å². The number of ether oxygens (including phenoxy) is 2. The fourth-order valence-corrected chi connectivity index (χ4v) is 2.82. The van der Waals surface area contributed by atoms with Crippen molar-refractivity contribution in [2.45, 2.75) is 25.0 Å². The van der Waals surface area contributed by atoms with Gasteiger partial charge in [-0.3, -0.25) is 0 Å². The molecule has 0 saturated carbocycles. The Morgan fingerprint density at radius 2 is 2.04 bits per heavy atom. The Balaban J connectivity index is 1.79. The molecule has 1 aliphatic rings. The van der Waals surface area contributed by atoms with Crippen LogP contribution >= 0.6 is 0 Å². The molecule has 0 bridgehead atoms. The van der Waals surface area contributed by atoms with Crippen LogP contribution in [0.1, 0.15) is 24.5 Å². The van der Waals surface area contributed by atoms with E-state index in [1.807, 2.05) is 30.3 Å². The maximum absolute atomic E-state index is 12.1. The zero-order chi connectivity index (χ0) is 17.4. The van der Waals surface area contributed by atoms with Crippen LogP contribution in [0.4, 0.5) is 9.59 Å². The number of hydrogen-bond acceptors (Lipinski definition) is 4. The Morgan fingerprint density at radius 3 is 2.71 bits per heavy atom. The summed E-state index contributed by atoms with van der Waals surface area (Å²) in [7, 11) is 2.98. The van der Waals surface area contributed by atoms with Crippen molar-refractivity contribution >= 4 is 12.1 Å². The highest BCUT2D eigenvalue weighted by Gasteiger charge is 2.25. The summed E-state index contributed by atoms with van der Waals surface area (Å²) in [5.41, 5.74) is 1.01. The molecule has 2 N–H and O–H groups in total. The highest BCUT2D eigenvalue weighted by atomic mass is 16.5. The maximum Gasteiger partial charge on any atom is 0.409 e. The molecular formula is C17H25N3O4. The van der Waals surface area contributed by atoms with Crippen molar-refractivity contribution in [3.8, 4) is 0 Å². The van der Waals surface area contributed by atoms with E-state index < -0.39 is 0 Å². The van der Waals surface area contributed by atoms with Gasteiger partial charge in [-0.1, -0.05) is 30.3 Å². The SMILES string of the molecule is COC(=O)N1CCCC(NC(=O)NCC(OC)c2ccccc2)C1. The summed E-state index contributed by atoms with van der Waals surface area (Å²) in [6, 6.07) is 9.40. The molecule has 1 saturated heterocycles. The predicted molar refractivity (Wildman–Crippen MR) is 89.7 cm³/mol. The first kappa shape index (κ1) is 18.1. The fraction of sp³-hybridized carbons (Fsp3) is 0.529. The lowest BCUT2D eigenvalue weighted by Crippen LogP contribution is -2.52. The third-order valence-electron chi connectivity index (χ3n) is 4.09. The molecule has 1 aromatic carbocycles. The van der Waals surface area contributed by atoms with Gasteiger partial charge in [0.25, 0.3) is 0 Å². The molecule has 7 nitrogen and oxygen atoms in total. The topological polar surface area (TPSA) is 79.9 Å². The number of nitrogens with one attached hydrogen (secondary N) is 2. The van der Waals surface area contributed by atoms with Crippen LogP contribution in [0.3, 0.4) is 0 Å². The summed E-state index contributed by atoms with van der Waals surface area (Å²) >= 11 is 0. The molecule has 2 rings (SSSR count). The number of nitrogens with zero attached hydrogens (tertiary/aromatic N) is 1. The van der Waals surface area contributed by atoms with Gasteiger partial charge in [0, 0.05) is 32.8 Å². The molecule has 1 heterocycles. The van der Waals surface area contributed by atoms with E-state index in [0.717, 1.165) is 18.4 Å². The van der Waals surface area contributed by atoms with Gasteiger partial charge >= 0.3 is 12.1 Å². The van der Waals surface area contributed by atoms with Crippen LogP contribution in [0.5, 0.6) is 0 Å². The number of piperidine rings is 1. The standard InChI is InChI=1S/C17H25N3O4/c1-23-15(13-7-4-3-5-8-13)11-18-16(21)19-14-9-6-10-20(12-14)17(22)24-2/h3-5,7-8,14-15H,6,9-12H2,1-2H3,(H2,18,19,21). The number of rotatable bonds is 5. The van der Waals surface area contributed by atoms with Gasteiger partial charge in [0.2, 0.25) is 0 Å². The van der Waals surface area contributed by atoms with E-state index in [2.05, 4.69) is 10.6 Å². The summed E-state index contributed by atoms with van der Waals surface area (Å²) in [5, 5.41) is 5.73. The summed E-state index contributed by atoms with van der Waals surface area (Å²) in [6.45, 7) is 1.50. The molecule has 0 spiro atoms. The first-order valence-corrected chi connectivity index (χ1v) is 8.09. The molecule has 0 radical (unpaired) electrons. The first-order valence-electron chi connectivity index (χ1n) is 8.09. The molecule has 0 aromatic heterocycles. The Bertz CT molecular complexity index is 538. The fourth-order valence-electron chi connectivity index (χ4n) is 2.82. The second-order valence-electron chi connectivity index (χ2n) is 5.74. The molecule has 2 unspecified atom stereocenters. The normalized spacial score (nSPS) is 18.6. The van der Waals surface area contributed by atoms with Crippen LogP contribution < -0.4 is 10.6 Å². The van der Waals surface area contributed by atoms with Crippen molar-refractivity contribution in [1.29, 1.82) is 0 Å². The van der Waals surface area contributed by atoms with Crippen molar-refractivity contribution in [2.24, 2.45) is 0 Å². The van der Waals surface area contributed by atoms with Crippen LogP contribution in [0.2, 0.25) is 0 Å². The van der Waals surface area contributed by atoms with E-state index in [9.17, 15) is 9.59 Å². The zero-order valence-electron chi connectivity index (χ0n) is 14.2. The number of methoxy groups -OCH3 is 2. The minimum absolute atomic E-state index is 0.0735. The largest absolute Gasteiger partial charge is 0.453 e. The Hall–Kier alpha value is -2.28. The second-order valence-corrected chi connectivity index (χ2v) is 5.74. The van der Waals surface area contributed by atoms with E-state index in [-0.39, 0.29) is 24.3 Å². The van der Waals surface area contributed by atoms with Crippen LogP contribution in [0, 0.1) is 0 Å². The number of hydrogen-bond donors (Lipinski definition) is 2. The molecule has 132 valence electrons. The predicted octanol–water partition coefficient (Wildman–Crippen LogP) is 1.90. The van der Waals surface area contributed by atoms with Gasteiger partial charge in [0.1, 0.15) is 0 Å². The van der Waals surface area contributed by atoms with E-state index >= 15 is 0 Å². The number of likely N-dealkylation sites (tertiary alicyclic amines) is 1. The lowest BCUT2D eigenvalue weighted by atomic mass is 10.1. The highest BCUT2D eigenvalue weighted by molar-refractivity contribution is 5.74. The first-order chi connectivity index (χ1) is 11.6. The van der Waals surface area contributed by atoms with E-state index in [1.165, 1.54) is 7.11 Å². The third-order valence-corrected chi connectivity index (χ3v) is 4.09. The van der Waals surface area contributed by atoms with Crippen molar-refractivity contribution < 1.29 is 19.1 Å². The van der Waals surface area contributed by atoms with Crippen molar-refractivity contribution in [3.05, 3.63) is 35.9 Å². The minimum atomic E-state index is -0.356. The maximum atomic E-state index is 12.1. The smallest absolute Gasteiger partial charge is 0.409 e. The summed E-state index contributed by atoms with van der Waals surface area (Å²) in [6.07, 6.45) is 1.12. The van der Waals surface area contributed by atoms with Crippen molar-refractivity contribution in [3.63, 3.8) is 0 Å². The Kier molecular flexibility index (Phi) is 6.87. The average molecular weight is 335 g/mol. The zero-order valence-corrected chi connectivity index (χ0v) is 14.2. The van der Waals surface area contributed by atoms with Crippen molar-refractivity contribution in [1.82, 2.24) is 15.5 Å². The number of urea groups is 1. The van der Waals surface area contributed by atoms with Gasteiger partial charge < -0.3 is 25.0 Å². The molecule has 7 heteroatoms. The quantitative estimate of drug-likeness (QED) is 0.861. The van der Waals surface area contributed by atoms with Gasteiger partial charge in [-0.15, -0.1) is 0 Å². The molecule has 24 heavy (non-hydrogen) atoms. The molecule has 1 fully saturated rings. The van der Waals surface area contributed by atoms with Gasteiger partial charge in [0.15, 0.2) is 0 Å². The molecule has 2 atom stereocenters. The average Bonchev–Trinajstić information content (AvgIpc) is 2.62. The van der Waals surface area contributed by atoms with Gasteiger partial charge in [-0.25, -0.2) is 9.59 Å². The third kappa shape index (κ3) is 5.13. The highest BCUT2D eigenvalue weighted by Crippen LogP contribution is 2.15. The summed E-state index contributed by atoms with van der Waals surface area (Å²) in [5.74, 6) is 0. The summed E-state index contributed by atoms with van der Waals surface area (Å²) < 4.78 is 10.2. The van der Waals surface area contributed by atoms with Crippen LogP contribution in [0.15, 0.2) is 30.3 Å². The van der Waals surface area contributed by atoms with E-state index in [0.29, 0.717) is 19.6 Å². The number of benzene rings is 1. The van der Waals surface area contributed by atoms with E-state index in [4.69, 9.17) is 9.47 Å².